The number of carbonyl (C=O) groups is 1. The Morgan fingerprint density at radius 2 is 1.97 bits per heavy atom. The van der Waals surface area contributed by atoms with E-state index in [1.54, 1.807) is 0 Å². The molecule has 1 heterocycles. The van der Waals surface area contributed by atoms with Crippen LogP contribution < -0.4 is 0 Å². The molecule has 4 aliphatic carbocycles. The van der Waals surface area contributed by atoms with Crippen molar-refractivity contribution in [1.82, 2.24) is 0 Å². The number of aliphatic carboxylic acids is 1. The van der Waals surface area contributed by atoms with Crippen LogP contribution in [0.1, 0.15) is 56.9 Å². The first-order valence-electron chi connectivity index (χ1n) is 11.1. The SMILES string of the molecule is O=C(O)[C@@]12CCCC1C1CCC3=CC=CC[C@]34O[C@]14CC2.ON=Cc1ccccc1. The Labute approximate surface area is 177 Å². The molecule has 5 atom stereocenters. The number of nitrogens with zero attached hydrogens (tertiary/aromatic N) is 1. The van der Waals surface area contributed by atoms with Crippen LogP contribution in [-0.2, 0) is 9.53 Å². The predicted octanol–water partition coefficient (Wildman–Crippen LogP) is 4.95. The van der Waals surface area contributed by atoms with E-state index in [0.29, 0.717) is 11.8 Å². The third-order valence-electron chi connectivity index (χ3n) is 8.39. The fourth-order valence-corrected chi connectivity index (χ4v) is 7.07. The van der Waals surface area contributed by atoms with Crippen molar-refractivity contribution in [3.05, 3.63) is 59.7 Å². The minimum Gasteiger partial charge on any atom is -0.481 e. The Balaban J connectivity index is 0.000000182. The third-order valence-corrected chi connectivity index (χ3v) is 8.39. The number of fused-ring (bicyclic) bond motifs is 2. The van der Waals surface area contributed by atoms with Gasteiger partial charge in [-0.15, -0.1) is 0 Å². The van der Waals surface area contributed by atoms with Crippen molar-refractivity contribution in [3.63, 3.8) is 0 Å². The highest BCUT2D eigenvalue weighted by atomic mass is 16.6. The summed E-state index contributed by atoms with van der Waals surface area (Å²) in [6.07, 6.45) is 16.1. The summed E-state index contributed by atoms with van der Waals surface area (Å²) < 4.78 is 6.48. The molecule has 158 valence electrons. The first-order chi connectivity index (χ1) is 14.6. The fourth-order valence-electron chi connectivity index (χ4n) is 7.07. The molecule has 30 heavy (non-hydrogen) atoms. The molecule has 2 N–H and O–H groups in total. The normalized spacial score (nSPS) is 40.2. The minimum atomic E-state index is -0.542. The number of rotatable bonds is 2. The lowest BCUT2D eigenvalue weighted by atomic mass is 9.52. The summed E-state index contributed by atoms with van der Waals surface area (Å²) in [4.78, 5) is 12.0. The quantitative estimate of drug-likeness (QED) is 0.314. The third kappa shape index (κ3) is 2.64. The smallest absolute Gasteiger partial charge is 0.309 e. The van der Waals surface area contributed by atoms with Crippen LogP contribution in [-0.4, -0.2) is 33.7 Å². The van der Waals surface area contributed by atoms with Gasteiger partial charge < -0.3 is 15.1 Å². The molecule has 6 rings (SSSR count). The number of benzene rings is 1. The first kappa shape index (κ1) is 19.6. The highest BCUT2D eigenvalue weighted by molar-refractivity contribution is 5.78. The van der Waals surface area contributed by atoms with Gasteiger partial charge in [0.25, 0.3) is 0 Å². The van der Waals surface area contributed by atoms with Gasteiger partial charge >= 0.3 is 5.97 Å². The van der Waals surface area contributed by atoms with Gasteiger partial charge in [-0.25, -0.2) is 0 Å². The summed E-state index contributed by atoms with van der Waals surface area (Å²) in [5.41, 5.74) is 1.88. The zero-order valence-corrected chi connectivity index (χ0v) is 17.2. The highest BCUT2D eigenvalue weighted by Gasteiger charge is 2.79. The molecule has 5 heteroatoms. The molecule has 1 aromatic rings. The van der Waals surface area contributed by atoms with Crippen molar-refractivity contribution in [1.29, 1.82) is 0 Å². The second-order valence-corrected chi connectivity index (χ2v) is 9.40. The Morgan fingerprint density at radius 1 is 1.13 bits per heavy atom. The summed E-state index contributed by atoms with van der Waals surface area (Å²) in [7, 11) is 0. The lowest BCUT2D eigenvalue weighted by Crippen LogP contribution is -2.53. The van der Waals surface area contributed by atoms with Gasteiger partial charge in [0.1, 0.15) is 11.2 Å². The molecule has 1 aromatic carbocycles. The van der Waals surface area contributed by atoms with E-state index in [2.05, 4.69) is 23.4 Å². The highest BCUT2D eigenvalue weighted by Crippen LogP contribution is 2.74. The first-order valence-corrected chi connectivity index (χ1v) is 11.1. The molecular formula is C25H29NO4. The van der Waals surface area contributed by atoms with Gasteiger partial charge in [0.15, 0.2) is 0 Å². The van der Waals surface area contributed by atoms with E-state index in [-0.39, 0.29) is 11.2 Å². The fraction of sp³-hybridized carbons (Fsp3) is 0.520. The number of epoxide rings is 1. The van der Waals surface area contributed by atoms with E-state index in [1.165, 1.54) is 11.8 Å². The molecule has 5 nitrogen and oxygen atoms in total. The van der Waals surface area contributed by atoms with Crippen LogP contribution in [0.4, 0.5) is 0 Å². The molecule has 0 amide bonds. The van der Waals surface area contributed by atoms with Gasteiger partial charge in [-0.2, -0.15) is 0 Å². The van der Waals surface area contributed by atoms with E-state index in [0.717, 1.165) is 56.9 Å². The van der Waals surface area contributed by atoms with Gasteiger partial charge in [-0.1, -0.05) is 60.1 Å². The van der Waals surface area contributed by atoms with E-state index >= 15 is 0 Å². The molecule has 0 radical (unpaired) electrons. The van der Waals surface area contributed by atoms with Crippen LogP contribution in [0.3, 0.4) is 0 Å². The second-order valence-electron chi connectivity index (χ2n) is 9.40. The van der Waals surface area contributed by atoms with E-state index in [1.807, 2.05) is 30.3 Å². The molecule has 3 saturated carbocycles. The van der Waals surface area contributed by atoms with Gasteiger partial charge in [0, 0.05) is 6.42 Å². The molecular weight excluding hydrogens is 378 g/mol. The number of hydrogen-bond acceptors (Lipinski definition) is 4. The van der Waals surface area contributed by atoms with Crippen LogP contribution in [0.15, 0.2) is 59.3 Å². The summed E-state index contributed by atoms with van der Waals surface area (Å²) in [5, 5.41) is 20.8. The Hall–Kier alpha value is -2.40. The van der Waals surface area contributed by atoms with E-state index in [4.69, 9.17) is 9.94 Å². The van der Waals surface area contributed by atoms with Crippen molar-refractivity contribution in [2.75, 3.05) is 0 Å². The zero-order chi connectivity index (χ0) is 20.8. The summed E-state index contributed by atoms with van der Waals surface area (Å²) >= 11 is 0. The van der Waals surface area contributed by atoms with Crippen molar-refractivity contribution in [2.45, 2.75) is 62.6 Å². The van der Waals surface area contributed by atoms with E-state index in [9.17, 15) is 9.90 Å². The van der Waals surface area contributed by atoms with Crippen LogP contribution in [0, 0.1) is 17.3 Å². The number of ether oxygens (including phenoxy) is 1. The zero-order valence-electron chi connectivity index (χ0n) is 17.2. The molecule has 1 saturated heterocycles. The number of oxime groups is 1. The second kappa shape index (κ2) is 7.09. The number of carboxylic acid groups (broad SMARTS) is 1. The molecule has 2 spiro atoms. The van der Waals surface area contributed by atoms with Gasteiger partial charge in [-0.3, -0.25) is 4.79 Å². The van der Waals surface area contributed by atoms with Gasteiger partial charge in [0.2, 0.25) is 0 Å². The van der Waals surface area contributed by atoms with Gasteiger partial charge in [-0.05, 0) is 61.5 Å². The Morgan fingerprint density at radius 3 is 2.73 bits per heavy atom. The van der Waals surface area contributed by atoms with Crippen molar-refractivity contribution >= 4 is 12.2 Å². The summed E-state index contributed by atoms with van der Waals surface area (Å²) in [6.45, 7) is 0. The topological polar surface area (TPSA) is 82.4 Å². The molecule has 4 fully saturated rings. The Bertz CT molecular complexity index is 922. The standard InChI is InChI=1S/C18H22O3.C7H7NO/c19-15(20)16-8-3-5-13(16)14-7-6-12-4-1-2-9-17(12)18(14,21-17)11-10-16;9-8-6-7-4-2-1-3-5-7/h1-2,4,13-14H,3,5-11H2,(H,19,20);1-6,9H/t13?,14?,16-,17+,18-;/m1./s1. The van der Waals surface area contributed by atoms with Gasteiger partial charge in [0.05, 0.1) is 11.6 Å². The predicted molar refractivity (Wildman–Crippen MR) is 114 cm³/mol. The lowest BCUT2D eigenvalue weighted by molar-refractivity contribution is -0.158. The molecule has 2 unspecified atom stereocenters. The monoisotopic (exact) mass is 407 g/mol. The number of carboxylic acids is 1. The maximum absolute atomic E-state index is 12.0. The molecule has 0 bridgehead atoms. The minimum absolute atomic E-state index is 0.0181. The maximum Gasteiger partial charge on any atom is 0.309 e. The molecule has 1 aliphatic heterocycles. The average molecular weight is 408 g/mol. The summed E-state index contributed by atoms with van der Waals surface area (Å²) in [5.74, 6) is 0.267. The molecule has 5 aliphatic rings. The maximum atomic E-state index is 12.0. The van der Waals surface area contributed by atoms with Crippen molar-refractivity contribution in [2.24, 2.45) is 22.4 Å². The van der Waals surface area contributed by atoms with Crippen molar-refractivity contribution in [3.8, 4) is 0 Å². The van der Waals surface area contributed by atoms with Crippen molar-refractivity contribution < 1.29 is 19.8 Å². The van der Waals surface area contributed by atoms with Crippen LogP contribution in [0.2, 0.25) is 0 Å². The largest absolute Gasteiger partial charge is 0.481 e. The summed E-state index contributed by atoms with van der Waals surface area (Å²) in [6, 6.07) is 9.40. The van der Waals surface area contributed by atoms with Crippen LogP contribution in [0.25, 0.3) is 0 Å². The van der Waals surface area contributed by atoms with Crippen LogP contribution >= 0.6 is 0 Å². The lowest BCUT2D eigenvalue weighted by Gasteiger charge is -2.48. The molecule has 0 aromatic heterocycles. The average Bonchev–Trinajstić information content (AvgIpc) is 3.20. The van der Waals surface area contributed by atoms with E-state index < -0.39 is 11.4 Å². The van der Waals surface area contributed by atoms with Crippen LogP contribution in [0.5, 0.6) is 0 Å². The Kier molecular flexibility index (Phi) is 4.62. The number of hydrogen-bond donors (Lipinski definition) is 2. The number of allylic oxidation sites excluding steroid dienone is 2.